The number of benzene rings is 1. The van der Waals surface area contributed by atoms with Gasteiger partial charge in [-0.05, 0) is 30.3 Å². The number of carboxylic acids is 1. The number of piperazine rings is 1. The summed E-state index contributed by atoms with van der Waals surface area (Å²) in [4.78, 5) is 51.8. The number of aliphatic carboxylic acids is 1. The van der Waals surface area contributed by atoms with Gasteiger partial charge in [-0.1, -0.05) is 0 Å². The summed E-state index contributed by atoms with van der Waals surface area (Å²) in [5.41, 5.74) is 1.50. The van der Waals surface area contributed by atoms with Gasteiger partial charge in [-0.25, -0.2) is 0 Å². The number of nitrogens with zero attached hydrogens (tertiary/aromatic N) is 2. The highest BCUT2D eigenvalue weighted by Gasteiger charge is 2.40. The first-order valence-corrected chi connectivity index (χ1v) is 10.4. The first-order chi connectivity index (χ1) is 14.4. The number of carbonyl (C=O) groups is 4. The highest BCUT2D eigenvalue weighted by atomic mass is 32.2. The molecule has 4 rings (SSSR count). The molecule has 1 N–H and O–H groups in total. The van der Waals surface area contributed by atoms with Crippen molar-refractivity contribution in [1.29, 1.82) is 0 Å². The summed E-state index contributed by atoms with van der Waals surface area (Å²) in [6.45, 7) is 0.535. The third-order valence-corrected chi connectivity index (χ3v) is 5.95. The lowest BCUT2D eigenvalue weighted by atomic mass is 10.1. The van der Waals surface area contributed by atoms with Gasteiger partial charge in [0.2, 0.25) is 11.8 Å². The van der Waals surface area contributed by atoms with Crippen LogP contribution in [0.25, 0.3) is 11.3 Å². The number of furan rings is 1. The van der Waals surface area contributed by atoms with Crippen molar-refractivity contribution in [3.8, 4) is 11.3 Å². The second-order valence-corrected chi connectivity index (χ2v) is 7.93. The van der Waals surface area contributed by atoms with Gasteiger partial charge in [0.05, 0.1) is 35.8 Å². The minimum atomic E-state index is -1.24. The van der Waals surface area contributed by atoms with E-state index < -0.39 is 12.0 Å². The number of rotatable bonds is 5. The van der Waals surface area contributed by atoms with Gasteiger partial charge < -0.3 is 29.4 Å². The van der Waals surface area contributed by atoms with Crippen molar-refractivity contribution in [2.75, 3.05) is 36.5 Å². The number of nitrogens with one attached hydrogen (secondary N) is 1. The van der Waals surface area contributed by atoms with Gasteiger partial charge in [0.25, 0.3) is 5.91 Å². The van der Waals surface area contributed by atoms with E-state index in [1.54, 1.807) is 36.6 Å². The van der Waals surface area contributed by atoms with E-state index in [4.69, 9.17) is 4.42 Å². The Morgan fingerprint density at radius 2 is 2.03 bits per heavy atom. The second kappa shape index (κ2) is 8.23. The predicted octanol–water partition coefficient (Wildman–Crippen LogP) is 0.0348. The van der Waals surface area contributed by atoms with Gasteiger partial charge >= 0.3 is 0 Å². The number of hydrogen-bond acceptors (Lipinski definition) is 7. The molecule has 1 atom stereocenters. The Kier molecular flexibility index (Phi) is 5.49. The number of hydrogen-bond donors (Lipinski definition) is 1. The van der Waals surface area contributed by atoms with Crippen molar-refractivity contribution in [2.45, 2.75) is 6.04 Å². The molecule has 1 aromatic carbocycles. The van der Waals surface area contributed by atoms with E-state index in [1.807, 2.05) is 0 Å². The molecule has 2 aliphatic rings. The standard InChI is InChI=1S/C20H19N3O6S/c24-17(10-30-11-18(25)26)22-5-6-23-15(9-22)19(27)21-14-4-3-12(8-13(14)20(23)28)16-2-1-7-29-16/h1-4,7-8,15H,5-6,9-11H2,(H,21,27)(H,25,26)/p-1/t15-/m0/s1. The summed E-state index contributed by atoms with van der Waals surface area (Å²) in [5, 5.41) is 13.3. The molecule has 0 radical (unpaired) electrons. The van der Waals surface area contributed by atoms with E-state index >= 15 is 0 Å². The lowest BCUT2D eigenvalue weighted by Crippen LogP contribution is -2.59. The second-order valence-electron chi connectivity index (χ2n) is 6.95. The van der Waals surface area contributed by atoms with Gasteiger partial charge in [-0.3, -0.25) is 14.4 Å². The molecule has 10 heteroatoms. The highest BCUT2D eigenvalue weighted by Crippen LogP contribution is 2.30. The van der Waals surface area contributed by atoms with Crippen molar-refractivity contribution in [3.63, 3.8) is 0 Å². The molecule has 1 saturated heterocycles. The predicted molar refractivity (Wildman–Crippen MR) is 107 cm³/mol. The van der Waals surface area contributed by atoms with Crippen LogP contribution in [0.5, 0.6) is 0 Å². The maximum Gasteiger partial charge on any atom is 0.256 e. The first kappa shape index (κ1) is 20.0. The minimum absolute atomic E-state index is 0.0248. The van der Waals surface area contributed by atoms with Crippen LogP contribution in [0.3, 0.4) is 0 Å². The number of fused-ring (bicyclic) bond motifs is 2. The van der Waals surface area contributed by atoms with Crippen LogP contribution in [0.15, 0.2) is 41.0 Å². The summed E-state index contributed by atoms with van der Waals surface area (Å²) in [6, 6.07) is 7.84. The third-order valence-electron chi connectivity index (χ3n) is 5.06. The Morgan fingerprint density at radius 1 is 1.20 bits per heavy atom. The van der Waals surface area contributed by atoms with E-state index in [9.17, 15) is 24.3 Å². The topological polar surface area (TPSA) is 123 Å². The molecule has 156 valence electrons. The van der Waals surface area contributed by atoms with E-state index in [0.717, 1.165) is 17.3 Å². The van der Waals surface area contributed by atoms with Gasteiger partial charge in [0.1, 0.15) is 11.8 Å². The lowest BCUT2D eigenvalue weighted by molar-refractivity contribution is -0.301. The molecular weight excluding hydrogens is 410 g/mol. The molecule has 3 amide bonds. The first-order valence-electron chi connectivity index (χ1n) is 9.29. The molecule has 0 unspecified atom stereocenters. The summed E-state index contributed by atoms with van der Waals surface area (Å²) in [7, 11) is 0. The van der Waals surface area contributed by atoms with Crippen LogP contribution in [0.4, 0.5) is 5.69 Å². The molecule has 30 heavy (non-hydrogen) atoms. The Morgan fingerprint density at radius 3 is 2.77 bits per heavy atom. The van der Waals surface area contributed by atoms with Crippen LogP contribution in [-0.2, 0) is 14.4 Å². The Balaban J connectivity index is 1.52. The minimum Gasteiger partial charge on any atom is -0.549 e. The Labute approximate surface area is 176 Å². The fraction of sp³-hybridized carbons (Fsp3) is 0.300. The zero-order chi connectivity index (χ0) is 21.3. The molecule has 3 heterocycles. The van der Waals surface area contributed by atoms with Crippen molar-refractivity contribution in [2.24, 2.45) is 0 Å². The van der Waals surface area contributed by atoms with Crippen molar-refractivity contribution >= 4 is 41.1 Å². The van der Waals surface area contributed by atoms with Crippen molar-refractivity contribution in [3.05, 3.63) is 42.2 Å². The molecule has 0 aliphatic carbocycles. The molecule has 0 spiro atoms. The van der Waals surface area contributed by atoms with Crippen LogP contribution in [0.1, 0.15) is 10.4 Å². The zero-order valence-electron chi connectivity index (χ0n) is 15.8. The van der Waals surface area contributed by atoms with Crippen molar-refractivity contribution < 1.29 is 28.7 Å². The fourth-order valence-corrected chi connectivity index (χ4v) is 4.21. The zero-order valence-corrected chi connectivity index (χ0v) is 16.6. The van der Waals surface area contributed by atoms with Crippen molar-refractivity contribution in [1.82, 2.24) is 9.80 Å². The molecule has 9 nitrogen and oxygen atoms in total. The Hall–Kier alpha value is -3.27. The number of carbonyl (C=O) groups excluding carboxylic acids is 4. The van der Waals surface area contributed by atoms with E-state index in [1.165, 1.54) is 9.80 Å². The lowest BCUT2D eigenvalue weighted by Gasteiger charge is -2.39. The van der Waals surface area contributed by atoms with Crippen LogP contribution in [0, 0.1) is 0 Å². The maximum atomic E-state index is 13.2. The fourth-order valence-electron chi connectivity index (χ4n) is 3.59. The molecule has 2 aliphatic heterocycles. The summed E-state index contributed by atoms with van der Waals surface area (Å²) >= 11 is 0.945. The molecule has 2 aromatic rings. The molecule has 1 fully saturated rings. The summed E-state index contributed by atoms with van der Waals surface area (Å²) in [6.07, 6.45) is 1.54. The molecule has 0 saturated carbocycles. The monoisotopic (exact) mass is 428 g/mol. The largest absolute Gasteiger partial charge is 0.549 e. The normalized spacial score (nSPS) is 18.3. The van der Waals surface area contributed by atoms with Crippen LogP contribution in [0.2, 0.25) is 0 Å². The summed E-state index contributed by atoms with van der Waals surface area (Å²) < 4.78 is 5.39. The smallest absolute Gasteiger partial charge is 0.256 e. The van der Waals surface area contributed by atoms with E-state index in [2.05, 4.69) is 5.32 Å². The maximum absolute atomic E-state index is 13.2. The van der Waals surface area contributed by atoms with Crippen LogP contribution >= 0.6 is 11.8 Å². The van der Waals surface area contributed by atoms with Gasteiger partial charge in [-0.2, -0.15) is 0 Å². The number of anilines is 1. The Bertz CT molecular complexity index is 1010. The van der Waals surface area contributed by atoms with E-state index in [0.29, 0.717) is 17.0 Å². The quantitative estimate of drug-likeness (QED) is 0.713. The van der Waals surface area contributed by atoms with Crippen LogP contribution in [-0.4, -0.2) is 70.7 Å². The third kappa shape index (κ3) is 3.90. The van der Waals surface area contributed by atoms with Gasteiger partial charge in [0.15, 0.2) is 0 Å². The highest BCUT2D eigenvalue weighted by molar-refractivity contribution is 8.00. The molecule has 1 aromatic heterocycles. The SMILES string of the molecule is O=C([O-])CSCC(=O)N1CCN2C(=O)c3cc(-c4ccco4)ccc3NC(=O)[C@@H]2C1. The van der Waals surface area contributed by atoms with E-state index in [-0.39, 0.29) is 48.9 Å². The van der Waals surface area contributed by atoms with Crippen LogP contribution < -0.4 is 10.4 Å². The number of carboxylic acid groups (broad SMARTS) is 1. The van der Waals surface area contributed by atoms with Gasteiger partial charge in [-0.15, -0.1) is 11.8 Å². The average molecular weight is 428 g/mol. The molecule has 0 bridgehead atoms. The number of amides is 3. The average Bonchev–Trinajstić information content (AvgIpc) is 3.24. The number of thioether (sulfide) groups is 1. The van der Waals surface area contributed by atoms with Gasteiger partial charge in [0, 0.05) is 24.4 Å². The summed E-state index contributed by atoms with van der Waals surface area (Å²) in [5.74, 6) is -1.86. The molecular formula is C20H18N3O6S-.